The standard InChI is InChI=1S/C55H90O12S/c1-3-5-7-9-11-13-15-17-19-21-23-24-26-27-29-31-33-35-37-39-41-43-50(56)64-45-48(46-65-55-54(60)53(59)52(58)49(67-55)47-68(61,62)63)66-51(57)44-42-40-38-36-34-32-30-28-25-22-20-18-16-14-12-10-8-6-4-2/h12,14,18-21,24-26,28-29,31-32,34-35,37,48-49,52-55,58-60H,3-11,13,15-17,22-23,27,30,33,36,38-47H2,1-2H3,(H,61,62,63)/b14-12+,20-18+,21-19+,26-24+,28-25+,31-29+,34-32+,37-35+/t48-,49-,52-,53?,54?,55+/m1/s1. The molecule has 0 spiro atoms. The van der Waals surface area contributed by atoms with Crippen molar-refractivity contribution in [3.8, 4) is 0 Å². The van der Waals surface area contributed by atoms with Crippen LogP contribution in [-0.4, -0.2) is 96.0 Å². The number of rotatable bonds is 42. The van der Waals surface area contributed by atoms with E-state index in [2.05, 4.69) is 105 Å². The highest BCUT2D eigenvalue weighted by molar-refractivity contribution is 7.85. The number of aliphatic hydroxyl groups is 3. The minimum Gasteiger partial charge on any atom is -0.462 e. The van der Waals surface area contributed by atoms with Crippen molar-refractivity contribution in [3.63, 3.8) is 0 Å². The number of aliphatic hydroxyl groups excluding tert-OH is 3. The lowest BCUT2D eigenvalue weighted by Gasteiger charge is -2.40. The molecule has 68 heavy (non-hydrogen) atoms. The van der Waals surface area contributed by atoms with Gasteiger partial charge in [0.25, 0.3) is 10.1 Å². The van der Waals surface area contributed by atoms with E-state index < -0.39 is 71.2 Å². The minimum absolute atomic E-state index is 0.109. The SMILES string of the molecule is CCCCC/C=C/C/C=C/C/C=C/C/C=C/CCCCCC(=O)O[C@H](COC(=O)CCC/C=C/C/C=C/C/C=C/C/C=C/CCCCCCCCC)CO[C@H]1O[C@H](CS(=O)(=O)O)[C@@H](O)C(O)C1O. The third-order valence-electron chi connectivity index (χ3n) is 11.1. The molecule has 1 heterocycles. The van der Waals surface area contributed by atoms with Crippen molar-refractivity contribution in [2.75, 3.05) is 19.0 Å². The van der Waals surface area contributed by atoms with Crippen LogP contribution in [0.2, 0.25) is 0 Å². The van der Waals surface area contributed by atoms with Crippen LogP contribution in [0.3, 0.4) is 0 Å². The fourth-order valence-corrected chi connectivity index (χ4v) is 7.81. The van der Waals surface area contributed by atoms with Crippen LogP contribution in [0.5, 0.6) is 0 Å². The first-order chi connectivity index (χ1) is 33.0. The predicted octanol–water partition coefficient (Wildman–Crippen LogP) is 11.8. The van der Waals surface area contributed by atoms with E-state index in [4.69, 9.17) is 18.9 Å². The molecule has 0 aliphatic carbocycles. The number of carbonyl (C=O) groups is 2. The molecule has 388 valence electrons. The van der Waals surface area contributed by atoms with Gasteiger partial charge in [-0.05, 0) is 96.3 Å². The Morgan fingerprint density at radius 3 is 1.38 bits per heavy atom. The van der Waals surface area contributed by atoms with Crippen molar-refractivity contribution >= 4 is 22.1 Å². The summed E-state index contributed by atoms with van der Waals surface area (Å²) in [5, 5.41) is 31.0. The molecular weight excluding hydrogens is 885 g/mol. The molecule has 0 saturated carbocycles. The molecule has 0 amide bonds. The Hall–Kier alpha value is -3.43. The summed E-state index contributed by atoms with van der Waals surface area (Å²) >= 11 is 0. The molecule has 1 rings (SSSR count). The van der Waals surface area contributed by atoms with E-state index in [9.17, 15) is 37.9 Å². The second-order valence-electron chi connectivity index (χ2n) is 17.5. The first kappa shape index (κ1) is 62.6. The molecule has 2 unspecified atom stereocenters. The number of ether oxygens (including phenoxy) is 4. The molecule has 12 nitrogen and oxygen atoms in total. The zero-order chi connectivity index (χ0) is 49.8. The molecule has 0 aromatic heterocycles. The van der Waals surface area contributed by atoms with Crippen LogP contribution in [0.4, 0.5) is 0 Å². The Kier molecular flexibility index (Phi) is 40.1. The number of hydrogen-bond acceptors (Lipinski definition) is 11. The van der Waals surface area contributed by atoms with Crippen LogP contribution >= 0.6 is 0 Å². The lowest BCUT2D eigenvalue weighted by molar-refractivity contribution is -0.297. The fraction of sp³-hybridized carbons (Fsp3) is 0.673. The van der Waals surface area contributed by atoms with Gasteiger partial charge in [-0.3, -0.25) is 14.1 Å². The molecule has 1 aliphatic rings. The third-order valence-corrected chi connectivity index (χ3v) is 11.9. The average Bonchev–Trinajstić information content (AvgIpc) is 3.31. The van der Waals surface area contributed by atoms with E-state index >= 15 is 0 Å². The number of allylic oxidation sites excluding steroid dienone is 16. The first-order valence-corrected chi connectivity index (χ1v) is 27.4. The van der Waals surface area contributed by atoms with Gasteiger partial charge in [-0.15, -0.1) is 0 Å². The summed E-state index contributed by atoms with van der Waals surface area (Å²) in [5.74, 6) is -2.11. The monoisotopic (exact) mass is 975 g/mol. The van der Waals surface area contributed by atoms with Gasteiger partial charge in [0, 0.05) is 12.8 Å². The molecular formula is C55H90O12S. The maximum absolute atomic E-state index is 12.9. The highest BCUT2D eigenvalue weighted by Crippen LogP contribution is 2.24. The molecule has 1 saturated heterocycles. The molecule has 1 aliphatic heterocycles. The molecule has 6 atom stereocenters. The largest absolute Gasteiger partial charge is 0.462 e. The second kappa shape index (κ2) is 43.6. The molecule has 13 heteroatoms. The van der Waals surface area contributed by atoms with Gasteiger partial charge in [0.2, 0.25) is 0 Å². The molecule has 0 aromatic rings. The number of esters is 2. The van der Waals surface area contributed by atoms with Crippen LogP contribution in [0, 0.1) is 0 Å². The van der Waals surface area contributed by atoms with Gasteiger partial charge < -0.3 is 34.3 Å². The van der Waals surface area contributed by atoms with Crippen molar-refractivity contribution in [2.24, 2.45) is 0 Å². The van der Waals surface area contributed by atoms with E-state index in [0.29, 0.717) is 19.3 Å². The molecule has 0 aromatic carbocycles. The lowest BCUT2D eigenvalue weighted by atomic mass is 10.00. The lowest BCUT2D eigenvalue weighted by Crippen LogP contribution is -2.60. The third kappa shape index (κ3) is 37.5. The Labute approximate surface area is 411 Å². The van der Waals surface area contributed by atoms with E-state index in [0.717, 1.165) is 70.6 Å². The summed E-state index contributed by atoms with van der Waals surface area (Å²) in [4.78, 5) is 25.5. The maximum Gasteiger partial charge on any atom is 0.306 e. The number of hydrogen-bond donors (Lipinski definition) is 4. The zero-order valence-electron chi connectivity index (χ0n) is 41.7. The van der Waals surface area contributed by atoms with Gasteiger partial charge in [0.05, 0.1) is 6.61 Å². The van der Waals surface area contributed by atoms with Gasteiger partial charge in [-0.1, -0.05) is 169 Å². The molecule has 0 radical (unpaired) electrons. The van der Waals surface area contributed by atoms with Crippen molar-refractivity contribution in [2.45, 2.75) is 218 Å². The Morgan fingerprint density at radius 2 is 0.897 bits per heavy atom. The predicted molar refractivity (Wildman–Crippen MR) is 274 cm³/mol. The van der Waals surface area contributed by atoms with E-state index in [-0.39, 0.29) is 19.4 Å². The van der Waals surface area contributed by atoms with E-state index in [1.165, 1.54) is 64.2 Å². The highest BCUT2D eigenvalue weighted by Gasteiger charge is 2.46. The van der Waals surface area contributed by atoms with Crippen molar-refractivity contribution in [1.82, 2.24) is 0 Å². The number of carbonyl (C=O) groups excluding carboxylic acids is 2. The van der Waals surface area contributed by atoms with Crippen molar-refractivity contribution in [1.29, 1.82) is 0 Å². The van der Waals surface area contributed by atoms with Crippen molar-refractivity contribution < 1.29 is 56.8 Å². The van der Waals surface area contributed by atoms with Crippen molar-refractivity contribution in [3.05, 3.63) is 97.2 Å². The topological polar surface area (TPSA) is 186 Å². The maximum atomic E-state index is 12.9. The Morgan fingerprint density at radius 1 is 0.500 bits per heavy atom. The van der Waals surface area contributed by atoms with Crippen LogP contribution in [0.25, 0.3) is 0 Å². The summed E-state index contributed by atoms with van der Waals surface area (Å²) in [5.41, 5.74) is 0. The van der Waals surface area contributed by atoms with Gasteiger partial charge in [0.15, 0.2) is 12.4 Å². The quantitative estimate of drug-likeness (QED) is 0.0197. The first-order valence-electron chi connectivity index (χ1n) is 25.8. The summed E-state index contributed by atoms with van der Waals surface area (Å²) in [6, 6.07) is 0. The van der Waals surface area contributed by atoms with Crippen LogP contribution < -0.4 is 0 Å². The Bertz CT molecular complexity index is 1610. The normalized spacial score (nSPS) is 20.0. The second-order valence-corrected chi connectivity index (χ2v) is 19.0. The minimum atomic E-state index is -4.62. The van der Waals surface area contributed by atoms with Gasteiger partial charge >= 0.3 is 11.9 Å². The summed E-state index contributed by atoms with van der Waals surface area (Å²) < 4.78 is 54.1. The van der Waals surface area contributed by atoms with Crippen LogP contribution in [0.1, 0.15) is 181 Å². The Balaban J connectivity index is 2.46. The number of unbranched alkanes of at least 4 members (excludes halogenated alkanes) is 14. The van der Waals surface area contributed by atoms with Gasteiger partial charge in [-0.2, -0.15) is 8.42 Å². The molecule has 1 fully saturated rings. The summed E-state index contributed by atoms with van der Waals surface area (Å²) in [6.07, 6.45) is 50.2. The molecule has 4 N–H and O–H groups in total. The smallest absolute Gasteiger partial charge is 0.306 e. The summed E-state index contributed by atoms with van der Waals surface area (Å²) in [6.45, 7) is 3.66. The van der Waals surface area contributed by atoms with Crippen LogP contribution in [-0.2, 0) is 38.7 Å². The summed E-state index contributed by atoms with van der Waals surface area (Å²) in [7, 11) is -4.62. The highest BCUT2D eigenvalue weighted by atomic mass is 32.2. The van der Waals surface area contributed by atoms with Gasteiger partial charge in [0.1, 0.15) is 36.8 Å². The van der Waals surface area contributed by atoms with Gasteiger partial charge in [-0.25, -0.2) is 0 Å². The average molecular weight is 975 g/mol. The fourth-order valence-electron chi connectivity index (χ4n) is 7.12. The van der Waals surface area contributed by atoms with E-state index in [1.807, 2.05) is 6.08 Å². The zero-order valence-corrected chi connectivity index (χ0v) is 42.5. The van der Waals surface area contributed by atoms with Crippen LogP contribution in [0.15, 0.2) is 97.2 Å². The molecule has 0 bridgehead atoms. The van der Waals surface area contributed by atoms with E-state index in [1.54, 1.807) is 0 Å².